The lowest BCUT2D eigenvalue weighted by molar-refractivity contribution is -0.139. The molecule has 3 rings (SSSR count). The first kappa shape index (κ1) is 23.5. The van der Waals surface area contributed by atoms with E-state index >= 15 is 0 Å². The Labute approximate surface area is 188 Å². The molecule has 32 heavy (non-hydrogen) atoms. The quantitative estimate of drug-likeness (QED) is 0.642. The summed E-state index contributed by atoms with van der Waals surface area (Å²) in [5, 5.41) is 9.37. The number of piperazine rings is 1. The van der Waals surface area contributed by atoms with Crippen molar-refractivity contribution in [2.24, 2.45) is 5.92 Å². The molecule has 0 aliphatic carbocycles. The van der Waals surface area contributed by atoms with Gasteiger partial charge in [-0.05, 0) is 18.4 Å². The number of rotatable bonds is 8. The molecule has 1 aromatic carbocycles. The second-order valence-electron chi connectivity index (χ2n) is 8.42. The van der Waals surface area contributed by atoms with Crippen molar-refractivity contribution in [3.8, 4) is 0 Å². The van der Waals surface area contributed by atoms with Crippen molar-refractivity contribution >= 4 is 23.5 Å². The lowest BCUT2D eigenvalue weighted by atomic mass is 10.0. The van der Waals surface area contributed by atoms with Gasteiger partial charge in [-0.1, -0.05) is 49.3 Å². The van der Waals surface area contributed by atoms with Crippen LogP contribution >= 0.6 is 0 Å². The first-order valence-corrected chi connectivity index (χ1v) is 10.9. The van der Waals surface area contributed by atoms with Crippen molar-refractivity contribution in [3.63, 3.8) is 0 Å². The van der Waals surface area contributed by atoms with Gasteiger partial charge < -0.3 is 20.1 Å². The first-order chi connectivity index (χ1) is 15.3. The summed E-state index contributed by atoms with van der Waals surface area (Å²) in [5.41, 5.74) is 0.910. The van der Waals surface area contributed by atoms with Gasteiger partial charge in [0.2, 0.25) is 17.7 Å². The molecule has 1 aliphatic rings. The number of amides is 3. The third-order valence-corrected chi connectivity index (χ3v) is 5.40. The Morgan fingerprint density at radius 3 is 2.34 bits per heavy atom. The van der Waals surface area contributed by atoms with Crippen LogP contribution in [0.25, 0.3) is 0 Å². The standard InChI is InChI=1S/C23H31N5O4/c1-16(2)22(25-20(29)14-18-7-5-4-6-8-18)23(31)28-11-9-27(10-12-28)15-21(30)24-19-13-17(3)32-26-19/h4-8,13,16,22H,9-12,14-15H2,1-3H3,(H,25,29)(H,24,26,30)/t22-/m0/s1. The SMILES string of the molecule is Cc1cc(NC(=O)CN2CCN(C(=O)[C@@H](NC(=O)Cc3ccccc3)C(C)C)CC2)no1. The predicted molar refractivity (Wildman–Crippen MR) is 120 cm³/mol. The van der Waals surface area contributed by atoms with Crippen molar-refractivity contribution in [2.45, 2.75) is 33.2 Å². The number of carbonyl (C=O) groups excluding carboxylic acids is 3. The maximum atomic E-state index is 13.1. The van der Waals surface area contributed by atoms with Crippen LogP contribution in [0, 0.1) is 12.8 Å². The third kappa shape index (κ3) is 6.65. The average Bonchev–Trinajstić information content (AvgIpc) is 3.17. The van der Waals surface area contributed by atoms with Crippen LogP contribution in [0.4, 0.5) is 5.82 Å². The number of benzene rings is 1. The van der Waals surface area contributed by atoms with Crippen LogP contribution in [0.2, 0.25) is 0 Å². The Kier molecular flexibility index (Phi) is 7.99. The molecule has 9 heteroatoms. The number of hydrogen-bond acceptors (Lipinski definition) is 6. The van der Waals surface area contributed by atoms with E-state index in [1.54, 1.807) is 17.9 Å². The van der Waals surface area contributed by atoms with Crippen molar-refractivity contribution < 1.29 is 18.9 Å². The Hall–Kier alpha value is -3.20. The van der Waals surface area contributed by atoms with Crippen LogP contribution in [0.3, 0.4) is 0 Å². The fourth-order valence-corrected chi connectivity index (χ4v) is 3.65. The maximum Gasteiger partial charge on any atom is 0.245 e. The van der Waals surface area contributed by atoms with Gasteiger partial charge in [0, 0.05) is 32.2 Å². The summed E-state index contributed by atoms with van der Waals surface area (Å²) in [6, 6.07) is 10.6. The predicted octanol–water partition coefficient (Wildman–Crippen LogP) is 1.45. The van der Waals surface area contributed by atoms with E-state index in [-0.39, 0.29) is 36.6 Å². The van der Waals surface area contributed by atoms with Gasteiger partial charge in [-0.25, -0.2) is 0 Å². The highest BCUT2D eigenvalue weighted by atomic mass is 16.5. The molecular weight excluding hydrogens is 410 g/mol. The molecule has 0 spiro atoms. The first-order valence-electron chi connectivity index (χ1n) is 10.9. The second-order valence-corrected chi connectivity index (χ2v) is 8.42. The summed E-state index contributed by atoms with van der Waals surface area (Å²) < 4.78 is 4.95. The molecule has 1 aliphatic heterocycles. The van der Waals surface area contributed by atoms with Crippen LogP contribution < -0.4 is 10.6 Å². The van der Waals surface area contributed by atoms with Crippen LogP contribution in [-0.4, -0.2) is 71.4 Å². The molecule has 0 saturated carbocycles. The summed E-state index contributed by atoms with van der Waals surface area (Å²) in [7, 11) is 0. The molecule has 1 atom stereocenters. The second kappa shape index (κ2) is 10.9. The molecule has 9 nitrogen and oxygen atoms in total. The minimum atomic E-state index is -0.573. The normalized spacial score (nSPS) is 15.4. The van der Waals surface area contributed by atoms with E-state index in [0.717, 1.165) is 5.56 Å². The van der Waals surface area contributed by atoms with Crippen LogP contribution in [0.5, 0.6) is 0 Å². The number of carbonyl (C=O) groups is 3. The zero-order valence-corrected chi connectivity index (χ0v) is 18.8. The van der Waals surface area contributed by atoms with E-state index in [4.69, 9.17) is 4.52 Å². The van der Waals surface area contributed by atoms with E-state index in [0.29, 0.717) is 37.8 Å². The topological polar surface area (TPSA) is 108 Å². The van der Waals surface area contributed by atoms with E-state index in [1.807, 2.05) is 49.1 Å². The van der Waals surface area contributed by atoms with Gasteiger partial charge in [-0.2, -0.15) is 0 Å². The molecule has 1 saturated heterocycles. The molecule has 3 amide bonds. The lowest BCUT2D eigenvalue weighted by Gasteiger charge is -2.37. The Morgan fingerprint density at radius 1 is 1.06 bits per heavy atom. The van der Waals surface area contributed by atoms with E-state index in [9.17, 15) is 14.4 Å². The highest BCUT2D eigenvalue weighted by Gasteiger charge is 2.31. The zero-order chi connectivity index (χ0) is 23.1. The third-order valence-electron chi connectivity index (χ3n) is 5.40. The Morgan fingerprint density at radius 2 is 1.75 bits per heavy atom. The number of nitrogens with one attached hydrogen (secondary N) is 2. The molecule has 1 aromatic heterocycles. The van der Waals surface area contributed by atoms with Gasteiger partial charge in [0.15, 0.2) is 5.82 Å². The Balaban J connectivity index is 1.47. The molecule has 0 radical (unpaired) electrons. The highest BCUT2D eigenvalue weighted by Crippen LogP contribution is 2.12. The van der Waals surface area contributed by atoms with E-state index in [1.165, 1.54) is 0 Å². The monoisotopic (exact) mass is 441 g/mol. The van der Waals surface area contributed by atoms with Crippen molar-refractivity contribution in [1.29, 1.82) is 0 Å². The summed E-state index contributed by atoms with van der Waals surface area (Å²) in [6.45, 7) is 8.01. The van der Waals surface area contributed by atoms with Gasteiger partial charge in [0.25, 0.3) is 0 Å². The summed E-state index contributed by atoms with van der Waals surface area (Å²) in [5.74, 6) is 0.573. The van der Waals surface area contributed by atoms with Crippen molar-refractivity contribution in [3.05, 3.63) is 47.7 Å². The summed E-state index contributed by atoms with van der Waals surface area (Å²) >= 11 is 0. The van der Waals surface area contributed by atoms with E-state index < -0.39 is 6.04 Å². The fraction of sp³-hybridized carbons (Fsp3) is 0.478. The molecule has 2 heterocycles. The van der Waals surface area contributed by atoms with Gasteiger partial charge in [-0.15, -0.1) is 0 Å². The van der Waals surface area contributed by atoms with Gasteiger partial charge in [0.1, 0.15) is 11.8 Å². The van der Waals surface area contributed by atoms with Gasteiger partial charge >= 0.3 is 0 Å². The summed E-state index contributed by atoms with van der Waals surface area (Å²) in [4.78, 5) is 41.6. The van der Waals surface area contributed by atoms with Crippen LogP contribution in [-0.2, 0) is 20.8 Å². The Bertz CT molecular complexity index is 919. The number of nitrogens with zero attached hydrogens (tertiary/aromatic N) is 3. The number of aryl methyl sites for hydroxylation is 1. The molecule has 172 valence electrons. The number of hydrogen-bond donors (Lipinski definition) is 2. The summed E-state index contributed by atoms with van der Waals surface area (Å²) in [6.07, 6.45) is 0.241. The van der Waals surface area contributed by atoms with Crippen molar-refractivity contribution in [1.82, 2.24) is 20.3 Å². The van der Waals surface area contributed by atoms with E-state index in [2.05, 4.69) is 15.8 Å². The van der Waals surface area contributed by atoms with Gasteiger partial charge in [-0.3, -0.25) is 19.3 Å². The zero-order valence-electron chi connectivity index (χ0n) is 18.8. The minimum Gasteiger partial charge on any atom is -0.360 e. The molecule has 2 aromatic rings. The smallest absolute Gasteiger partial charge is 0.245 e. The molecule has 1 fully saturated rings. The molecule has 0 unspecified atom stereocenters. The molecule has 0 bridgehead atoms. The van der Waals surface area contributed by atoms with Gasteiger partial charge in [0.05, 0.1) is 13.0 Å². The maximum absolute atomic E-state index is 13.1. The van der Waals surface area contributed by atoms with Crippen molar-refractivity contribution in [2.75, 3.05) is 38.0 Å². The highest BCUT2D eigenvalue weighted by molar-refractivity contribution is 5.91. The molecular formula is C23H31N5O4. The number of anilines is 1. The largest absolute Gasteiger partial charge is 0.360 e. The fourth-order valence-electron chi connectivity index (χ4n) is 3.65. The minimum absolute atomic E-state index is 0.0306. The average molecular weight is 442 g/mol. The van der Waals surface area contributed by atoms with Crippen LogP contribution in [0.15, 0.2) is 40.9 Å². The number of aromatic nitrogens is 1. The lowest BCUT2D eigenvalue weighted by Crippen LogP contribution is -2.57. The van der Waals surface area contributed by atoms with Crippen LogP contribution in [0.1, 0.15) is 25.2 Å². The molecule has 2 N–H and O–H groups in total.